The summed E-state index contributed by atoms with van der Waals surface area (Å²) in [7, 11) is -2.73. The molecule has 4 fully saturated rings. The maximum Gasteiger partial charge on any atom is 0.345 e. The molecule has 0 atom stereocenters. The van der Waals surface area contributed by atoms with Gasteiger partial charge in [0.15, 0.2) is 5.76 Å². The van der Waals surface area contributed by atoms with Gasteiger partial charge in [0, 0.05) is 13.2 Å². The third kappa shape index (κ3) is 3.11. The molecule has 1 aliphatic heterocycles. The maximum atomic E-state index is 13.0. The molecule has 1 amide bonds. The molecule has 5 aliphatic rings. The SMILES string of the molecule is CN1C(C(=O)Nc2cnn(C34CC5CC(CC(C5)C3)C4)c2)=CC(c2ccco2)=NS1(=O)=O. The Morgan fingerprint density at radius 2 is 1.88 bits per heavy atom. The van der Waals surface area contributed by atoms with Gasteiger partial charge in [-0.1, -0.05) is 0 Å². The zero-order chi connectivity index (χ0) is 22.1. The van der Waals surface area contributed by atoms with Crippen LogP contribution < -0.4 is 5.32 Å². The Kier molecular flexibility index (Phi) is 4.21. The summed E-state index contributed by atoms with van der Waals surface area (Å²) in [6.45, 7) is 0. The van der Waals surface area contributed by atoms with E-state index in [1.54, 1.807) is 18.3 Å². The molecule has 2 aromatic heterocycles. The van der Waals surface area contributed by atoms with Crippen LogP contribution in [0.3, 0.4) is 0 Å². The second-order valence-corrected chi connectivity index (χ2v) is 11.3. The Balaban J connectivity index is 1.25. The van der Waals surface area contributed by atoms with E-state index in [1.807, 2.05) is 6.20 Å². The number of nitrogens with zero attached hydrogens (tertiary/aromatic N) is 4. The van der Waals surface area contributed by atoms with E-state index in [-0.39, 0.29) is 22.7 Å². The van der Waals surface area contributed by atoms with Crippen LogP contribution in [0.5, 0.6) is 0 Å². The monoisotopic (exact) mass is 455 g/mol. The Hall–Kier alpha value is -2.88. The standard InChI is InChI=1S/C22H25N5O4S/c1-26-19(8-18(25-32(26,29)30)20-3-2-4-31-20)21(28)24-17-12-23-27(13-17)22-9-14-5-15(10-22)7-16(6-14)11-22/h2-4,8,12-16H,5-7,9-11H2,1H3,(H,24,28). The van der Waals surface area contributed by atoms with E-state index in [1.165, 1.54) is 38.6 Å². The minimum Gasteiger partial charge on any atom is -0.463 e. The second-order valence-electron chi connectivity index (χ2n) is 9.70. The predicted octanol–water partition coefficient (Wildman–Crippen LogP) is 2.90. The minimum absolute atomic E-state index is 0.0334. The van der Waals surface area contributed by atoms with E-state index in [9.17, 15) is 13.2 Å². The number of carbonyl (C=O) groups excluding carboxylic acids is 1. The summed E-state index contributed by atoms with van der Waals surface area (Å²) in [6, 6.07) is 3.23. The third-order valence-corrected chi connectivity index (χ3v) is 8.83. The minimum atomic E-state index is -4.04. The Labute approximate surface area is 186 Å². The molecule has 9 nitrogen and oxygen atoms in total. The molecule has 168 valence electrons. The number of allylic oxidation sites excluding steroid dienone is 1. The highest BCUT2D eigenvalue weighted by Gasteiger charge is 2.52. The van der Waals surface area contributed by atoms with Gasteiger partial charge in [-0.05, 0) is 74.5 Å². The van der Waals surface area contributed by atoms with Crippen LogP contribution in [-0.4, -0.2) is 41.2 Å². The smallest absolute Gasteiger partial charge is 0.345 e. The Morgan fingerprint density at radius 3 is 2.50 bits per heavy atom. The van der Waals surface area contributed by atoms with Gasteiger partial charge in [-0.15, -0.1) is 4.40 Å². The van der Waals surface area contributed by atoms with Crippen LogP contribution in [0.2, 0.25) is 0 Å². The van der Waals surface area contributed by atoms with E-state index >= 15 is 0 Å². The number of likely N-dealkylation sites (N-methyl/N-ethyl adjacent to an activating group) is 1. The van der Waals surface area contributed by atoms with Crippen molar-refractivity contribution in [3.8, 4) is 0 Å². The lowest BCUT2D eigenvalue weighted by molar-refractivity contribution is -0.113. The topological polar surface area (TPSA) is 110 Å². The fourth-order valence-corrected chi connectivity index (χ4v) is 7.39. The van der Waals surface area contributed by atoms with Crippen LogP contribution in [0.4, 0.5) is 5.69 Å². The fourth-order valence-electron chi connectivity index (χ4n) is 6.49. The van der Waals surface area contributed by atoms with E-state index in [2.05, 4.69) is 19.5 Å². The Bertz CT molecular complexity index is 1210. The number of hydrogen-bond acceptors (Lipinski definition) is 5. The summed E-state index contributed by atoms with van der Waals surface area (Å²) < 4.78 is 36.9. The third-order valence-electron chi connectivity index (χ3n) is 7.51. The number of furan rings is 1. The van der Waals surface area contributed by atoms with Crippen molar-refractivity contribution in [3.63, 3.8) is 0 Å². The maximum absolute atomic E-state index is 13.0. The van der Waals surface area contributed by atoms with Crippen molar-refractivity contribution in [2.75, 3.05) is 12.4 Å². The molecule has 2 aromatic rings. The number of carbonyl (C=O) groups is 1. The highest BCUT2D eigenvalue weighted by Crippen LogP contribution is 2.58. The molecule has 4 aliphatic carbocycles. The number of rotatable bonds is 4. The first-order valence-corrected chi connectivity index (χ1v) is 12.4. The molecule has 4 saturated carbocycles. The summed E-state index contributed by atoms with van der Waals surface area (Å²) in [4.78, 5) is 13.0. The van der Waals surface area contributed by atoms with Crippen molar-refractivity contribution < 1.29 is 17.6 Å². The molecule has 3 heterocycles. The molecular weight excluding hydrogens is 430 g/mol. The summed E-state index contributed by atoms with van der Waals surface area (Å²) >= 11 is 0. The van der Waals surface area contributed by atoms with Crippen LogP contribution in [-0.2, 0) is 20.5 Å². The number of aromatic nitrogens is 2. The quantitative estimate of drug-likeness (QED) is 0.762. The fraction of sp³-hybridized carbons (Fsp3) is 0.500. The van der Waals surface area contributed by atoms with E-state index in [4.69, 9.17) is 4.42 Å². The lowest BCUT2D eigenvalue weighted by Crippen LogP contribution is -2.52. The van der Waals surface area contributed by atoms with E-state index < -0.39 is 16.1 Å². The predicted molar refractivity (Wildman–Crippen MR) is 117 cm³/mol. The summed E-state index contributed by atoms with van der Waals surface area (Å²) in [5, 5.41) is 7.44. The van der Waals surface area contributed by atoms with Crippen molar-refractivity contribution in [1.82, 2.24) is 14.1 Å². The van der Waals surface area contributed by atoms with Gasteiger partial charge in [-0.25, -0.2) is 4.31 Å². The van der Waals surface area contributed by atoms with Gasteiger partial charge in [0.2, 0.25) is 0 Å². The molecule has 0 radical (unpaired) electrons. The average molecular weight is 456 g/mol. The van der Waals surface area contributed by atoms with Crippen LogP contribution in [0.1, 0.15) is 44.3 Å². The van der Waals surface area contributed by atoms with Gasteiger partial charge in [0.05, 0.1) is 23.7 Å². The molecule has 1 N–H and O–H groups in total. The van der Waals surface area contributed by atoms with E-state index in [0.717, 1.165) is 41.3 Å². The number of anilines is 1. The first-order chi connectivity index (χ1) is 15.3. The summed E-state index contributed by atoms with van der Waals surface area (Å²) in [5.74, 6) is 2.10. The molecular formula is C22H25N5O4S. The van der Waals surface area contributed by atoms with Crippen LogP contribution >= 0.6 is 0 Å². The first-order valence-electron chi connectivity index (χ1n) is 11.0. The zero-order valence-corrected chi connectivity index (χ0v) is 18.6. The molecule has 32 heavy (non-hydrogen) atoms. The highest BCUT2D eigenvalue weighted by atomic mass is 32.2. The largest absolute Gasteiger partial charge is 0.463 e. The summed E-state index contributed by atoms with van der Waals surface area (Å²) in [6.07, 6.45) is 13.9. The number of nitrogens with one attached hydrogen (secondary N) is 1. The molecule has 4 bridgehead atoms. The van der Waals surface area contributed by atoms with Gasteiger partial charge in [-0.3, -0.25) is 9.48 Å². The lowest BCUT2D eigenvalue weighted by atomic mass is 9.53. The summed E-state index contributed by atoms with van der Waals surface area (Å²) in [5.41, 5.74) is 0.664. The Morgan fingerprint density at radius 1 is 1.19 bits per heavy atom. The average Bonchev–Trinajstić information content (AvgIpc) is 3.41. The zero-order valence-electron chi connectivity index (χ0n) is 17.8. The molecule has 0 spiro atoms. The number of hydrogen-bond donors (Lipinski definition) is 1. The van der Waals surface area contributed by atoms with Crippen molar-refractivity contribution >= 4 is 27.5 Å². The molecule has 0 unspecified atom stereocenters. The van der Waals surface area contributed by atoms with Gasteiger partial charge in [0.25, 0.3) is 5.91 Å². The first kappa shape index (κ1) is 19.8. The van der Waals surface area contributed by atoms with Gasteiger partial charge >= 0.3 is 10.2 Å². The second kappa shape index (κ2) is 6.81. The van der Waals surface area contributed by atoms with Crippen LogP contribution in [0.25, 0.3) is 0 Å². The van der Waals surface area contributed by atoms with Gasteiger partial charge in [0.1, 0.15) is 11.4 Å². The van der Waals surface area contributed by atoms with Crippen LogP contribution in [0.15, 0.2) is 51.4 Å². The van der Waals surface area contributed by atoms with Crippen molar-refractivity contribution in [2.45, 2.75) is 44.1 Å². The van der Waals surface area contributed by atoms with Crippen molar-refractivity contribution in [1.29, 1.82) is 0 Å². The van der Waals surface area contributed by atoms with Crippen molar-refractivity contribution in [2.24, 2.45) is 22.2 Å². The highest BCUT2D eigenvalue weighted by molar-refractivity contribution is 7.88. The van der Waals surface area contributed by atoms with Crippen LogP contribution in [0, 0.1) is 17.8 Å². The molecule has 7 rings (SSSR count). The van der Waals surface area contributed by atoms with Gasteiger partial charge < -0.3 is 9.73 Å². The molecule has 10 heteroatoms. The van der Waals surface area contributed by atoms with Gasteiger partial charge in [-0.2, -0.15) is 13.5 Å². The normalized spacial score (nSPS) is 32.5. The molecule has 0 saturated heterocycles. The van der Waals surface area contributed by atoms with Crippen molar-refractivity contribution in [3.05, 3.63) is 48.3 Å². The molecule has 0 aromatic carbocycles. The number of amides is 1. The lowest BCUT2D eigenvalue weighted by Gasteiger charge is -2.56. The van der Waals surface area contributed by atoms with E-state index in [0.29, 0.717) is 5.69 Å².